The maximum Gasteiger partial charge on any atom is 0.234 e. The minimum absolute atomic E-state index is 0.0526. The van der Waals surface area contributed by atoms with E-state index in [1.807, 2.05) is 33.0 Å². The number of rotatable bonds is 8. The lowest BCUT2D eigenvalue weighted by atomic mass is 10.1. The molecule has 0 aliphatic rings. The number of carbonyl (C=O) groups excluding carboxylic acids is 2. The van der Waals surface area contributed by atoms with E-state index < -0.39 is 0 Å². The van der Waals surface area contributed by atoms with E-state index in [1.54, 1.807) is 28.8 Å². The molecule has 0 radical (unpaired) electrons. The number of anilines is 1. The average Bonchev–Trinajstić information content (AvgIpc) is 3.08. The van der Waals surface area contributed by atoms with Crippen LogP contribution in [0.1, 0.15) is 34.2 Å². The molecule has 0 bridgehead atoms. The van der Waals surface area contributed by atoms with Crippen LogP contribution in [-0.4, -0.2) is 32.2 Å². The number of nitrogens with zero attached hydrogens (tertiary/aromatic N) is 3. The van der Waals surface area contributed by atoms with Crippen molar-refractivity contribution in [3.63, 3.8) is 0 Å². The molecular weight excluding hydrogens is 436 g/mol. The molecule has 1 heterocycles. The number of benzene rings is 2. The smallest absolute Gasteiger partial charge is 0.234 e. The van der Waals surface area contributed by atoms with Crippen LogP contribution in [0.2, 0.25) is 5.02 Å². The van der Waals surface area contributed by atoms with Gasteiger partial charge in [-0.1, -0.05) is 35.5 Å². The second-order valence-electron chi connectivity index (χ2n) is 7.09. The first-order valence-electron chi connectivity index (χ1n) is 9.56. The van der Waals surface area contributed by atoms with Crippen molar-refractivity contribution in [1.82, 2.24) is 14.8 Å². The van der Waals surface area contributed by atoms with Crippen LogP contribution in [0.3, 0.4) is 0 Å². The van der Waals surface area contributed by atoms with Crippen molar-refractivity contribution in [2.75, 3.05) is 11.1 Å². The molecule has 0 fully saturated rings. The average molecular weight is 459 g/mol. The molecule has 9 heteroatoms. The molecule has 0 unspecified atom stereocenters. The largest absolute Gasteiger partial charge is 0.486 e. The number of Topliss-reactive ketones (excluding diaryl/α,β-unsaturated/α-hetero) is 1. The molecule has 0 atom stereocenters. The first-order valence-corrected chi connectivity index (χ1v) is 10.9. The normalized spacial score (nSPS) is 10.7. The summed E-state index contributed by atoms with van der Waals surface area (Å²) in [4.78, 5) is 23.8. The Morgan fingerprint density at radius 3 is 2.55 bits per heavy atom. The van der Waals surface area contributed by atoms with Gasteiger partial charge in [-0.05, 0) is 56.2 Å². The molecule has 162 valence electrons. The van der Waals surface area contributed by atoms with Gasteiger partial charge < -0.3 is 14.6 Å². The number of amides is 1. The highest BCUT2D eigenvalue weighted by Gasteiger charge is 2.13. The third-order valence-electron chi connectivity index (χ3n) is 4.59. The molecular formula is C22H23ClN4O3S. The van der Waals surface area contributed by atoms with Gasteiger partial charge in [-0.2, -0.15) is 0 Å². The highest BCUT2D eigenvalue weighted by molar-refractivity contribution is 7.99. The summed E-state index contributed by atoms with van der Waals surface area (Å²) in [6, 6.07) is 10.6. The fourth-order valence-electron chi connectivity index (χ4n) is 2.88. The maximum atomic E-state index is 12.3. The van der Waals surface area contributed by atoms with Crippen LogP contribution in [0, 0.1) is 13.8 Å². The van der Waals surface area contributed by atoms with Gasteiger partial charge in [0.1, 0.15) is 12.4 Å². The lowest BCUT2D eigenvalue weighted by Gasteiger charge is -2.10. The Hall–Kier alpha value is -2.84. The molecule has 1 aromatic heterocycles. The summed E-state index contributed by atoms with van der Waals surface area (Å²) >= 11 is 7.47. The highest BCUT2D eigenvalue weighted by Crippen LogP contribution is 2.26. The molecule has 0 spiro atoms. The van der Waals surface area contributed by atoms with Crippen molar-refractivity contribution < 1.29 is 14.3 Å². The lowest BCUT2D eigenvalue weighted by Crippen LogP contribution is -2.15. The number of thioether (sulfide) groups is 1. The molecule has 3 rings (SSSR count). The quantitative estimate of drug-likeness (QED) is 0.392. The van der Waals surface area contributed by atoms with Gasteiger partial charge in [0.2, 0.25) is 5.91 Å². The number of carbonyl (C=O) groups is 2. The summed E-state index contributed by atoms with van der Waals surface area (Å²) in [5, 5.41) is 12.4. The SMILES string of the molecule is CC(=O)c1cccc(NC(=O)CSc2nnc(COc3cc(C)c(Cl)c(C)c3)n2C)c1. The van der Waals surface area contributed by atoms with Crippen molar-refractivity contribution in [2.24, 2.45) is 7.05 Å². The minimum atomic E-state index is -0.196. The van der Waals surface area contributed by atoms with E-state index >= 15 is 0 Å². The van der Waals surface area contributed by atoms with Crippen LogP contribution < -0.4 is 10.1 Å². The fourth-order valence-corrected chi connectivity index (χ4v) is 3.72. The van der Waals surface area contributed by atoms with Gasteiger partial charge in [0.15, 0.2) is 16.8 Å². The van der Waals surface area contributed by atoms with Gasteiger partial charge in [0.25, 0.3) is 0 Å². The van der Waals surface area contributed by atoms with Crippen molar-refractivity contribution in [1.29, 1.82) is 0 Å². The molecule has 0 saturated heterocycles. The number of aromatic nitrogens is 3. The van der Waals surface area contributed by atoms with Crippen LogP contribution in [0.4, 0.5) is 5.69 Å². The third kappa shape index (κ3) is 5.86. The Labute approximate surface area is 190 Å². The zero-order valence-corrected chi connectivity index (χ0v) is 19.3. The first kappa shape index (κ1) is 22.8. The molecule has 7 nitrogen and oxygen atoms in total. The molecule has 31 heavy (non-hydrogen) atoms. The van der Waals surface area contributed by atoms with E-state index in [-0.39, 0.29) is 24.1 Å². The third-order valence-corrected chi connectivity index (χ3v) is 6.20. The second kappa shape index (κ2) is 9.98. The van der Waals surface area contributed by atoms with E-state index in [0.717, 1.165) is 16.1 Å². The van der Waals surface area contributed by atoms with Crippen molar-refractivity contribution >= 4 is 40.7 Å². The highest BCUT2D eigenvalue weighted by atomic mass is 35.5. The van der Waals surface area contributed by atoms with E-state index in [9.17, 15) is 9.59 Å². The summed E-state index contributed by atoms with van der Waals surface area (Å²) in [6.07, 6.45) is 0. The van der Waals surface area contributed by atoms with Crippen LogP contribution in [0.15, 0.2) is 41.6 Å². The number of hydrogen-bond donors (Lipinski definition) is 1. The van der Waals surface area contributed by atoms with Gasteiger partial charge in [-0.25, -0.2) is 0 Å². The van der Waals surface area contributed by atoms with E-state index in [4.69, 9.17) is 16.3 Å². The van der Waals surface area contributed by atoms with Gasteiger partial charge in [0, 0.05) is 23.3 Å². The maximum absolute atomic E-state index is 12.3. The van der Waals surface area contributed by atoms with Crippen LogP contribution in [-0.2, 0) is 18.4 Å². The summed E-state index contributed by atoms with van der Waals surface area (Å²) in [5.41, 5.74) is 3.03. The molecule has 0 aliphatic heterocycles. The van der Waals surface area contributed by atoms with Crippen LogP contribution >= 0.6 is 23.4 Å². The summed E-state index contributed by atoms with van der Waals surface area (Å²) in [7, 11) is 1.83. The van der Waals surface area contributed by atoms with Crippen LogP contribution in [0.25, 0.3) is 0 Å². The number of aryl methyl sites for hydroxylation is 2. The van der Waals surface area contributed by atoms with Gasteiger partial charge >= 0.3 is 0 Å². The number of ketones is 1. The lowest BCUT2D eigenvalue weighted by molar-refractivity contribution is -0.113. The Morgan fingerprint density at radius 1 is 1.16 bits per heavy atom. The molecule has 1 amide bonds. The Morgan fingerprint density at radius 2 is 1.87 bits per heavy atom. The minimum Gasteiger partial charge on any atom is -0.486 e. The Kier molecular flexibility index (Phi) is 7.35. The number of ether oxygens (including phenoxy) is 1. The van der Waals surface area contributed by atoms with E-state index in [0.29, 0.717) is 28.0 Å². The summed E-state index contributed by atoms with van der Waals surface area (Å²) < 4.78 is 7.64. The van der Waals surface area contributed by atoms with Crippen LogP contribution in [0.5, 0.6) is 5.75 Å². The van der Waals surface area contributed by atoms with Crippen molar-refractivity contribution in [3.05, 3.63) is 63.9 Å². The van der Waals surface area contributed by atoms with Crippen molar-refractivity contribution in [2.45, 2.75) is 32.5 Å². The standard InChI is InChI=1S/C22H23ClN4O3S/c1-13-8-18(9-14(2)21(13)23)30-11-19-25-26-22(27(19)4)31-12-20(29)24-17-7-5-6-16(10-17)15(3)28/h5-10H,11-12H2,1-4H3,(H,24,29). The van der Waals surface area contributed by atoms with Crippen molar-refractivity contribution in [3.8, 4) is 5.75 Å². The summed E-state index contributed by atoms with van der Waals surface area (Å²) in [5.74, 6) is 1.26. The van der Waals surface area contributed by atoms with E-state index in [1.165, 1.54) is 18.7 Å². The second-order valence-corrected chi connectivity index (χ2v) is 8.41. The molecule has 3 aromatic rings. The Bertz CT molecular complexity index is 1110. The molecule has 0 saturated carbocycles. The predicted octanol–water partition coefficient (Wildman–Crippen LogP) is 4.60. The zero-order valence-electron chi connectivity index (χ0n) is 17.7. The topological polar surface area (TPSA) is 86.1 Å². The monoisotopic (exact) mass is 458 g/mol. The fraction of sp³-hybridized carbons (Fsp3) is 0.273. The summed E-state index contributed by atoms with van der Waals surface area (Å²) in [6.45, 7) is 5.59. The number of hydrogen-bond acceptors (Lipinski definition) is 6. The predicted molar refractivity (Wildman–Crippen MR) is 122 cm³/mol. The van der Waals surface area contributed by atoms with E-state index in [2.05, 4.69) is 15.5 Å². The zero-order chi connectivity index (χ0) is 22.5. The Balaban J connectivity index is 1.56. The molecule has 1 N–H and O–H groups in total. The van der Waals surface area contributed by atoms with Gasteiger partial charge in [-0.15, -0.1) is 10.2 Å². The number of nitrogens with one attached hydrogen (secondary N) is 1. The van der Waals surface area contributed by atoms with Gasteiger partial charge in [0.05, 0.1) is 5.75 Å². The molecule has 0 aliphatic carbocycles. The first-order chi connectivity index (χ1) is 14.7. The molecule has 2 aromatic carbocycles. The van der Waals surface area contributed by atoms with Gasteiger partial charge in [-0.3, -0.25) is 9.59 Å². The number of halogens is 1.